The molecule has 3 aromatic rings. The van der Waals surface area contributed by atoms with E-state index < -0.39 is 0 Å². The molecular weight excluding hydrogens is 376 g/mol. The van der Waals surface area contributed by atoms with Crippen molar-refractivity contribution in [2.75, 3.05) is 5.32 Å². The van der Waals surface area contributed by atoms with E-state index in [0.717, 1.165) is 0 Å². The number of amides is 1. The van der Waals surface area contributed by atoms with Crippen molar-refractivity contribution in [1.82, 2.24) is 15.3 Å². The molecule has 0 saturated heterocycles. The van der Waals surface area contributed by atoms with E-state index >= 15 is 0 Å². The Morgan fingerprint density at radius 3 is 2.17 bits per heavy atom. The van der Waals surface area contributed by atoms with E-state index in [1.165, 1.54) is 11.1 Å². The van der Waals surface area contributed by atoms with Crippen molar-refractivity contribution >= 4 is 22.6 Å². The van der Waals surface area contributed by atoms with Crippen molar-refractivity contribution in [2.24, 2.45) is 5.92 Å². The van der Waals surface area contributed by atoms with Crippen molar-refractivity contribution < 1.29 is 4.79 Å². The van der Waals surface area contributed by atoms with Crippen molar-refractivity contribution in [1.29, 1.82) is 0 Å². The molecule has 1 heterocycles. The smallest absolute Gasteiger partial charge is 0.323 e. The molecule has 0 fully saturated rings. The molecule has 0 radical (unpaired) electrons. The summed E-state index contributed by atoms with van der Waals surface area (Å²) < 4.78 is 0. The number of anilines is 1. The largest absolute Gasteiger partial charge is 0.325 e. The number of H-pyrrole nitrogens is 2. The third-order valence-electron chi connectivity index (χ3n) is 5.41. The Labute approximate surface area is 177 Å². The first-order valence-corrected chi connectivity index (χ1v) is 10.4. The maximum Gasteiger partial charge on any atom is 0.323 e. The third kappa shape index (κ3) is 5.00. The Morgan fingerprint density at radius 1 is 0.933 bits per heavy atom. The predicted molar refractivity (Wildman–Crippen MR) is 123 cm³/mol. The number of nitrogens with one attached hydrogen (secondary N) is 4. The molecule has 30 heavy (non-hydrogen) atoms. The first-order valence-electron chi connectivity index (χ1n) is 10.4. The van der Waals surface area contributed by atoms with Crippen molar-refractivity contribution in [3.05, 3.63) is 64.1 Å². The van der Waals surface area contributed by atoms with Gasteiger partial charge in [-0.3, -0.25) is 10.1 Å². The summed E-state index contributed by atoms with van der Waals surface area (Å²) in [4.78, 5) is 29.6. The minimum Gasteiger partial charge on any atom is -0.325 e. The van der Waals surface area contributed by atoms with Gasteiger partial charge < -0.3 is 15.3 Å². The summed E-state index contributed by atoms with van der Waals surface area (Å²) in [6.45, 7) is 12.8. The standard InChI is InChI=1S/C24H32N4O2/c1-14(2)21(16-7-9-17(10-8-16)24(4,5)6)25-15(3)22(29)26-18-11-12-19-20(13-18)28-23(30)27-19/h7-15,21,25H,1-6H3,(H,26,29)(H2,27,28,30). The van der Waals surface area contributed by atoms with Crippen LogP contribution in [0.5, 0.6) is 0 Å². The molecule has 1 amide bonds. The van der Waals surface area contributed by atoms with Crippen LogP contribution in [0.25, 0.3) is 11.0 Å². The summed E-state index contributed by atoms with van der Waals surface area (Å²) in [7, 11) is 0. The lowest BCUT2D eigenvalue weighted by molar-refractivity contribution is -0.118. The monoisotopic (exact) mass is 408 g/mol. The highest BCUT2D eigenvalue weighted by molar-refractivity contribution is 5.96. The number of carbonyl (C=O) groups is 1. The number of aromatic nitrogens is 2. The number of aromatic amines is 2. The summed E-state index contributed by atoms with van der Waals surface area (Å²) in [6, 6.07) is 13.6. The second kappa shape index (κ2) is 8.48. The molecule has 4 N–H and O–H groups in total. The number of hydrogen-bond acceptors (Lipinski definition) is 3. The van der Waals surface area contributed by atoms with Gasteiger partial charge in [0.05, 0.1) is 17.1 Å². The first kappa shape index (κ1) is 21.8. The van der Waals surface area contributed by atoms with Crippen molar-refractivity contribution in [3.63, 3.8) is 0 Å². The minimum atomic E-state index is -0.388. The Kier molecular flexibility index (Phi) is 6.17. The fourth-order valence-electron chi connectivity index (χ4n) is 3.57. The molecule has 0 aliphatic carbocycles. The summed E-state index contributed by atoms with van der Waals surface area (Å²) in [6.07, 6.45) is 0. The number of carbonyl (C=O) groups excluding carboxylic acids is 1. The second-order valence-electron chi connectivity index (χ2n) is 9.31. The molecule has 1 aromatic heterocycles. The van der Waals surface area contributed by atoms with E-state index in [4.69, 9.17) is 0 Å². The molecule has 6 nitrogen and oxygen atoms in total. The third-order valence-corrected chi connectivity index (χ3v) is 5.41. The van der Waals surface area contributed by atoms with Crippen molar-refractivity contribution in [3.8, 4) is 0 Å². The van der Waals surface area contributed by atoms with Gasteiger partial charge in [0.1, 0.15) is 0 Å². The van der Waals surface area contributed by atoms with Crippen LogP contribution in [0.2, 0.25) is 0 Å². The van der Waals surface area contributed by atoms with Crippen LogP contribution in [0, 0.1) is 5.92 Å². The maximum absolute atomic E-state index is 12.8. The van der Waals surface area contributed by atoms with Crippen LogP contribution in [0.4, 0.5) is 5.69 Å². The SMILES string of the molecule is CC(NC(c1ccc(C(C)(C)C)cc1)C(C)C)C(=O)Nc1ccc2[nH]c(=O)[nH]c2c1. The van der Waals surface area contributed by atoms with Gasteiger partial charge in [0.2, 0.25) is 5.91 Å². The normalized spacial score (nSPS) is 14.1. The van der Waals surface area contributed by atoms with Crippen LogP contribution in [-0.2, 0) is 10.2 Å². The number of fused-ring (bicyclic) bond motifs is 1. The van der Waals surface area contributed by atoms with Gasteiger partial charge in [0, 0.05) is 11.7 Å². The van der Waals surface area contributed by atoms with Crippen molar-refractivity contribution in [2.45, 2.75) is 59.0 Å². The number of hydrogen-bond donors (Lipinski definition) is 4. The lowest BCUT2D eigenvalue weighted by Gasteiger charge is -2.27. The summed E-state index contributed by atoms with van der Waals surface area (Å²) >= 11 is 0. The lowest BCUT2D eigenvalue weighted by atomic mass is 9.85. The molecule has 0 aliphatic heterocycles. The van der Waals surface area contributed by atoms with E-state index in [2.05, 4.69) is 79.5 Å². The molecule has 0 aliphatic rings. The highest BCUT2D eigenvalue weighted by atomic mass is 16.2. The molecule has 0 bridgehead atoms. The predicted octanol–water partition coefficient (Wildman–Crippen LogP) is 4.47. The first-order chi connectivity index (χ1) is 14.0. The summed E-state index contributed by atoms with van der Waals surface area (Å²) in [5.74, 6) is 0.200. The molecule has 160 valence electrons. The van der Waals surface area contributed by atoms with Gasteiger partial charge in [-0.25, -0.2) is 4.79 Å². The average molecular weight is 409 g/mol. The number of benzene rings is 2. The van der Waals surface area contributed by atoms with Crippen LogP contribution in [0.3, 0.4) is 0 Å². The Hall–Kier alpha value is -2.86. The molecule has 3 rings (SSSR count). The van der Waals surface area contributed by atoms with Gasteiger partial charge in [-0.1, -0.05) is 58.9 Å². The van der Waals surface area contributed by atoms with Gasteiger partial charge in [-0.15, -0.1) is 0 Å². The summed E-state index contributed by atoms with van der Waals surface area (Å²) in [5, 5.41) is 6.41. The molecule has 6 heteroatoms. The zero-order valence-electron chi connectivity index (χ0n) is 18.6. The van der Waals surface area contributed by atoms with E-state index in [-0.39, 0.29) is 29.1 Å². The molecule has 0 saturated carbocycles. The van der Waals surface area contributed by atoms with Gasteiger partial charge in [-0.05, 0) is 47.6 Å². The minimum absolute atomic E-state index is 0.0586. The maximum atomic E-state index is 12.8. The highest BCUT2D eigenvalue weighted by Gasteiger charge is 2.23. The Morgan fingerprint density at radius 2 is 1.57 bits per heavy atom. The van der Waals surface area contributed by atoms with Crippen LogP contribution >= 0.6 is 0 Å². The quantitative estimate of drug-likeness (QED) is 0.485. The van der Waals surface area contributed by atoms with E-state index in [1.54, 1.807) is 18.2 Å². The van der Waals surface area contributed by atoms with Crippen LogP contribution < -0.4 is 16.3 Å². The van der Waals surface area contributed by atoms with Crippen LogP contribution in [0.15, 0.2) is 47.3 Å². The average Bonchev–Trinajstić information content (AvgIpc) is 3.04. The topological polar surface area (TPSA) is 89.8 Å². The van der Waals surface area contributed by atoms with E-state index in [9.17, 15) is 9.59 Å². The van der Waals surface area contributed by atoms with Gasteiger partial charge in [0.15, 0.2) is 0 Å². The number of rotatable bonds is 6. The summed E-state index contributed by atoms with van der Waals surface area (Å²) in [5.41, 5.74) is 4.33. The molecule has 2 atom stereocenters. The van der Waals surface area contributed by atoms with Gasteiger partial charge >= 0.3 is 5.69 Å². The number of imidazole rings is 1. The fourth-order valence-corrected chi connectivity index (χ4v) is 3.57. The Balaban J connectivity index is 1.71. The van der Waals surface area contributed by atoms with Gasteiger partial charge in [0.25, 0.3) is 0 Å². The van der Waals surface area contributed by atoms with Gasteiger partial charge in [-0.2, -0.15) is 0 Å². The molecule has 2 aromatic carbocycles. The zero-order chi connectivity index (χ0) is 22.1. The lowest BCUT2D eigenvalue weighted by Crippen LogP contribution is -2.41. The Bertz CT molecular complexity index is 1070. The zero-order valence-corrected chi connectivity index (χ0v) is 18.6. The van der Waals surface area contributed by atoms with Crippen LogP contribution in [-0.4, -0.2) is 21.9 Å². The van der Waals surface area contributed by atoms with E-state index in [0.29, 0.717) is 22.6 Å². The van der Waals surface area contributed by atoms with Crippen LogP contribution in [0.1, 0.15) is 58.7 Å². The second-order valence-corrected chi connectivity index (χ2v) is 9.31. The molecular formula is C24H32N4O2. The fraction of sp³-hybridized carbons (Fsp3) is 0.417. The molecule has 2 unspecified atom stereocenters. The molecule has 0 spiro atoms. The highest BCUT2D eigenvalue weighted by Crippen LogP contribution is 2.27. The van der Waals surface area contributed by atoms with E-state index in [1.807, 2.05) is 6.92 Å².